The summed E-state index contributed by atoms with van der Waals surface area (Å²) in [7, 11) is 1.89. The van der Waals surface area contributed by atoms with Gasteiger partial charge >= 0.3 is 0 Å². The van der Waals surface area contributed by atoms with Gasteiger partial charge in [0.1, 0.15) is 0 Å². The van der Waals surface area contributed by atoms with Crippen molar-refractivity contribution >= 4 is 17.6 Å². The number of aromatic nitrogens is 2. The Labute approximate surface area is 110 Å². The average Bonchev–Trinajstić information content (AvgIpc) is 2.75. The van der Waals surface area contributed by atoms with E-state index in [1.165, 1.54) is 0 Å². The average molecular weight is 257 g/mol. The second-order valence-electron chi connectivity index (χ2n) is 3.89. The van der Waals surface area contributed by atoms with Gasteiger partial charge in [0.05, 0.1) is 11.4 Å². The fraction of sp³-hybridized carbons (Fsp3) is 0.0833. The molecular weight excluding hydrogens is 242 g/mol. The van der Waals surface area contributed by atoms with Gasteiger partial charge in [-0.2, -0.15) is 10.1 Å². The van der Waals surface area contributed by atoms with Gasteiger partial charge in [-0.1, -0.05) is 12.1 Å². The van der Waals surface area contributed by atoms with Crippen molar-refractivity contribution in [1.29, 1.82) is 0 Å². The Balaban J connectivity index is 2.25. The number of aliphatic imine (C=N–C) groups is 2. The number of hydrogen-bond acceptors (Lipinski definition) is 2. The van der Waals surface area contributed by atoms with Crippen LogP contribution in [0.3, 0.4) is 0 Å². The maximum absolute atomic E-state index is 5.55. The minimum absolute atomic E-state index is 0.0216. The summed E-state index contributed by atoms with van der Waals surface area (Å²) in [4.78, 5) is 7.71. The topological polar surface area (TPSA) is 121 Å². The zero-order valence-corrected chi connectivity index (χ0v) is 10.5. The summed E-state index contributed by atoms with van der Waals surface area (Å²) in [5.41, 5.74) is 18.7. The van der Waals surface area contributed by atoms with Crippen molar-refractivity contribution in [2.75, 3.05) is 0 Å². The Morgan fingerprint density at radius 2 is 1.79 bits per heavy atom. The van der Waals surface area contributed by atoms with Crippen LogP contribution >= 0.6 is 0 Å². The second-order valence-corrected chi connectivity index (χ2v) is 3.89. The molecule has 1 aromatic carbocycles. The second kappa shape index (κ2) is 5.21. The Morgan fingerprint density at radius 1 is 1.11 bits per heavy atom. The van der Waals surface area contributed by atoms with Crippen LogP contribution in [0.2, 0.25) is 0 Å². The first-order chi connectivity index (χ1) is 9.06. The van der Waals surface area contributed by atoms with Gasteiger partial charge in [-0.05, 0) is 23.8 Å². The molecule has 19 heavy (non-hydrogen) atoms. The van der Waals surface area contributed by atoms with Crippen LogP contribution in [0.5, 0.6) is 0 Å². The zero-order chi connectivity index (χ0) is 13.8. The van der Waals surface area contributed by atoms with Crippen molar-refractivity contribution in [3.05, 3.63) is 36.5 Å². The van der Waals surface area contributed by atoms with Gasteiger partial charge in [-0.15, -0.1) is 0 Å². The molecule has 0 amide bonds. The van der Waals surface area contributed by atoms with Crippen molar-refractivity contribution in [3.8, 4) is 11.3 Å². The summed E-state index contributed by atoms with van der Waals surface area (Å²) in [6.07, 6.45) is 1.75. The molecule has 0 saturated heterocycles. The highest BCUT2D eigenvalue weighted by Gasteiger charge is 2.02. The lowest BCUT2D eigenvalue weighted by Gasteiger charge is -2.02. The molecule has 0 aliphatic rings. The van der Waals surface area contributed by atoms with E-state index in [0.717, 1.165) is 11.3 Å². The molecule has 0 fully saturated rings. The molecule has 98 valence electrons. The molecule has 0 saturated carbocycles. The minimum atomic E-state index is -0.118. The lowest BCUT2D eigenvalue weighted by atomic mass is 10.1. The summed E-state index contributed by atoms with van der Waals surface area (Å²) in [6, 6.07) is 9.46. The van der Waals surface area contributed by atoms with Crippen LogP contribution in [0.15, 0.2) is 46.5 Å². The van der Waals surface area contributed by atoms with Crippen molar-refractivity contribution in [1.82, 2.24) is 9.78 Å². The van der Waals surface area contributed by atoms with Crippen molar-refractivity contribution in [3.63, 3.8) is 0 Å². The molecule has 2 rings (SSSR count). The molecule has 0 aliphatic carbocycles. The van der Waals surface area contributed by atoms with E-state index in [-0.39, 0.29) is 11.9 Å². The van der Waals surface area contributed by atoms with Crippen LogP contribution in [0.1, 0.15) is 0 Å². The highest BCUT2D eigenvalue weighted by Crippen LogP contribution is 2.21. The van der Waals surface area contributed by atoms with Crippen LogP contribution in [-0.2, 0) is 7.05 Å². The predicted molar refractivity (Wildman–Crippen MR) is 75.7 cm³/mol. The molecule has 0 aliphatic heterocycles. The summed E-state index contributed by atoms with van der Waals surface area (Å²) in [6.45, 7) is 0. The highest BCUT2D eigenvalue weighted by molar-refractivity contribution is 5.93. The molecule has 0 bridgehead atoms. The van der Waals surface area contributed by atoms with Gasteiger partial charge in [-0.3, -0.25) is 4.68 Å². The summed E-state index contributed by atoms with van der Waals surface area (Å²) >= 11 is 0. The minimum Gasteiger partial charge on any atom is -0.370 e. The quantitative estimate of drug-likeness (QED) is 0.529. The van der Waals surface area contributed by atoms with E-state index < -0.39 is 0 Å². The molecular formula is C12H15N7. The first kappa shape index (κ1) is 12.6. The molecule has 1 heterocycles. The normalized spacial score (nSPS) is 11.3. The third kappa shape index (κ3) is 3.09. The van der Waals surface area contributed by atoms with Gasteiger partial charge in [0.25, 0.3) is 0 Å². The Kier molecular flexibility index (Phi) is 3.46. The number of rotatable bonds is 2. The third-order valence-electron chi connectivity index (χ3n) is 2.47. The molecule has 7 heteroatoms. The highest BCUT2D eigenvalue weighted by atomic mass is 15.3. The number of guanidine groups is 2. The van der Waals surface area contributed by atoms with E-state index in [0.29, 0.717) is 5.69 Å². The lowest BCUT2D eigenvalue weighted by molar-refractivity contribution is 0.776. The summed E-state index contributed by atoms with van der Waals surface area (Å²) < 4.78 is 1.80. The molecule has 7 nitrogen and oxygen atoms in total. The first-order valence-corrected chi connectivity index (χ1v) is 5.58. The standard InChI is InChI=1S/C12H15N7/c1-19-10(6-7-16-19)8-2-4-9(5-3-8)17-12(15)18-11(13)14/h2-7H,1H3,(H6,13,14,15,17,18). The largest absolute Gasteiger partial charge is 0.370 e. The van der Waals surface area contributed by atoms with Gasteiger partial charge in [0.15, 0.2) is 5.96 Å². The number of benzene rings is 1. The Hall–Kier alpha value is -2.83. The van der Waals surface area contributed by atoms with Crippen LogP contribution in [0, 0.1) is 0 Å². The number of nitrogens with zero attached hydrogens (tertiary/aromatic N) is 4. The van der Waals surface area contributed by atoms with E-state index in [2.05, 4.69) is 15.1 Å². The van der Waals surface area contributed by atoms with Crippen LogP contribution in [0.25, 0.3) is 11.3 Å². The molecule has 0 atom stereocenters. The third-order valence-corrected chi connectivity index (χ3v) is 2.47. The molecule has 0 radical (unpaired) electrons. The fourth-order valence-corrected chi connectivity index (χ4v) is 1.65. The maximum atomic E-state index is 5.55. The van der Waals surface area contributed by atoms with Gasteiger partial charge in [0, 0.05) is 13.2 Å². The monoisotopic (exact) mass is 257 g/mol. The van der Waals surface area contributed by atoms with Gasteiger partial charge in [0.2, 0.25) is 5.96 Å². The summed E-state index contributed by atoms with van der Waals surface area (Å²) in [5, 5.41) is 4.12. The van der Waals surface area contributed by atoms with Crippen LogP contribution in [-0.4, -0.2) is 21.7 Å². The first-order valence-electron chi connectivity index (χ1n) is 5.58. The van der Waals surface area contributed by atoms with Gasteiger partial charge in [-0.25, -0.2) is 4.99 Å². The van der Waals surface area contributed by atoms with Crippen molar-refractivity contribution in [2.24, 2.45) is 34.2 Å². The fourth-order valence-electron chi connectivity index (χ4n) is 1.65. The maximum Gasteiger partial charge on any atom is 0.223 e. The van der Waals surface area contributed by atoms with E-state index >= 15 is 0 Å². The van der Waals surface area contributed by atoms with Gasteiger partial charge < -0.3 is 17.2 Å². The number of hydrogen-bond donors (Lipinski definition) is 3. The van der Waals surface area contributed by atoms with E-state index in [1.54, 1.807) is 10.9 Å². The van der Waals surface area contributed by atoms with Crippen LogP contribution < -0.4 is 17.2 Å². The zero-order valence-electron chi connectivity index (χ0n) is 10.5. The number of nitrogens with two attached hydrogens (primary N) is 3. The van der Waals surface area contributed by atoms with E-state index in [1.807, 2.05) is 37.4 Å². The Morgan fingerprint density at radius 3 is 2.32 bits per heavy atom. The molecule has 2 aromatic rings. The molecule has 1 aromatic heterocycles. The van der Waals surface area contributed by atoms with Crippen LogP contribution in [0.4, 0.5) is 5.69 Å². The lowest BCUT2D eigenvalue weighted by Crippen LogP contribution is -2.26. The smallest absolute Gasteiger partial charge is 0.223 e. The number of aryl methyl sites for hydroxylation is 1. The Bertz CT molecular complexity index is 618. The summed E-state index contributed by atoms with van der Waals surface area (Å²) in [5.74, 6) is -0.0963. The molecule has 0 unspecified atom stereocenters. The predicted octanol–water partition coefficient (Wildman–Crippen LogP) is 0.307. The van der Waals surface area contributed by atoms with Crippen molar-refractivity contribution < 1.29 is 0 Å². The van der Waals surface area contributed by atoms with Crippen molar-refractivity contribution in [2.45, 2.75) is 0 Å². The van der Waals surface area contributed by atoms with E-state index in [9.17, 15) is 0 Å². The SMILES string of the molecule is Cn1nccc1-c1ccc(N=C(N)N=C(N)N)cc1. The molecule has 6 N–H and O–H groups in total. The molecule has 0 spiro atoms. The van der Waals surface area contributed by atoms with E-state index in [4.69, 9.17) is 17.2 Å².